The summed E-state index contributed by atoms with van der Waals surface area (Å²) in [6.07, 6.45) is -26.4. The van der Waals surface area contributed by atoms with E-state index in [1.165, 1.54) is 27.7 Å². The molecule has 3 N–H and O–H groups in total. The lowest BCUT2D eigenvalue weighted by molar-refractivity contribution is -0.376. The maximum Gasteiger partial charge on any atom is 0.430 e. The highest BCUT2D eigenvalue weighted by molar-refractivity contribution is 5.75. The van der Waals surface area contributed by atoms with Crippen LogP contribution in [0.4, 0.5) is 58.4 Å². The molecule has 2 aromatic rings. The Hall–Kier alpha value is -3.01. The second-order valence-electron chi connectivity index (χ2n) is 10.7. The summed E-state index contributed by atoms with van der Waals surface area (Å²) in [5.74, 6) is 0. The van der Waals surface area contributed by atoms with Gasteiger partial charge in [0, 0.05) is 16.8 Å². The van der Waals surface area contributed by atoms with Crippen LogP contribution in [0.5, 0.6) is 0 Å². The maximum atomic E-state index is 14.0. The Morgan fingerprint density at radius 1 is 0.651 bits per heavy atom. The Morgan fingerprint density at radius 3 is 1.40 bits per heavy atom. The topological polar surface area (TPSA) is 69.6 Å². The Labute approximate surface area is 237 Å². The van der Waals surface area contributed by atoms with Gasteiger partial charge in [-0.15, -0.1) is 0 Å². The lowest BCUT2D eigenvalue weighted by atomic mass is 9.73. The van der Waals surface area contributed by atoms with E-state index < -0.39 is 81.2 Å². The van der Waals surface area contributed by atoms with Gasteiger partial charge in [-0.25, -0.2) is 0 Å². The molecular formula is C27H27F12NO3. The fraction of sp³-hybridized carbons (Fsp3) is 0.519. The zero-order valence-corrected chi connectivity index (χ0v) is 23.1. The molecule has 2 aromatic carbocycles. The molecule has 2 rings (SSSR count). The highest BCUT2D eigenvalue weighted by Crippen LogP contribution is 2.54. The molecule has 0 saturated heterocycles. The SMILES string of the molecule is CCC(C)(C)c1cc(C)c(Cc2cc(C(O)(C(F)(F)F)C(F)(F)F)c(NC=O)cc2C)cc1C(O)(C(F)(F)F)C(F)(F)F. The van der Waals surface area contributed by atoms with E-state index in [9.17, 15) is 67.7 Å². The molecule has 0 atom stereocenters. The van der Waals surface area contributed by atoms with E-state index in [4.69, 9.17) is 0 Å². The number of aliphatic hydroxyl groups is 2. The quantitative estimate of drug-likeness (QED) is 0.204. The first-order valence-electron chi connectivity index (χ1n) is 12.3. The van der Waals surface area contributed by atoms with E-state index in [0.29, 0.717) is 12.1 Å². The average molecular weight is 641 g/mol. The third-order valence-corrected chi connectivity index (χ3v) is 7.58. The first-order valence-corrected chi connectivity index (χ1v) is 12.3. The molecule has 43 heavy (non-hydrogen) atoms. The molecule has 16 heteroatoms. The highest BCUT2D eigenvalue weighted by atomic mass is 19.4. The number of hydrogen-bond donors (Lipinski definition) is 3. The van der Waals surface area contributed by atoms with Crippen molar-refractivity contribution in [3.8, 4) is 0 Å². The van der Waals surface area contributed by atoms with Crippen molar-refractivity contribution in [2.45, 2.75) is 88.8 Å². The number of aryl methyl sites for hydroxylation is 2. The smallest absolute Gasteiger partial charge is 0.369 e. The normalized spacial score (nSPS) is 14.2. The number of alkyl halides is 12. The molecule has 0 aliphatic heterocycles. The van der Waals surface area contributed by atoms with Gasteiger partial charge in [-0.2, -0.15) is 52.7 Å². The van der Waals surface area contributed by atoms with E-state index in [1.54, 1.807) is 5.32 Å². The summed E-state index contributed by atoms with van der Waals surface area (Å²) >= 11 is 0. The van der Waals surface area contributed by atoms with Crippen molar-refractivity contribution in [2.75, 3.05) is 5.32 Å². The average Bonchev–Trinajstić information content (AvgIpc) is 2.82. The lowest BCUT2D eigenvalue weighted by Gasteiger charge is -2.38. The number of rotatable bonds is 8. The van der Waals surface area contributed by atoms with Crippen molar-refractivity contribution in [2.24, 2.45) is 0 Å². The van der Waals surface area contributed by atoms with Crippen LogP contribution in [-0.4, -0.2) is 41.3 Å². The van der Waals surface area contributed by atoms with Crippen molar-refractivity contribution in [1.29, 1.82) is 0 Å². The molecule has 0 radical (unpaired) electrons. The van der Waals surface area contributed by atoms with Crippen molar-refractivity contribution in [3.63, 3.8) is 0 Å². The van der Waals surface area contributed by atoms with Crippen LogP contribution in [0.25, 0.3) is 0 Å². The van der Waals surface area contributed by atoms with Gasteiger partial charge in [-0.3, -0.25) is 4.79 Å². The lowest BCUT2D eigenvalue weighted by Crippen LogP contribution is -2.55. The molecule has 0 spiro atoms. The van der Waals surface area contributed by atoms with Gasteiger partial charge in [0.1, 0.15) is 0 Å². The molecule has 242 valence electrons. The van der Waals surface area contributed by atoms with Gasteiger partial charge in [-0.05, 0) is 72.1 Å². The molecule has 1 amide bonds. The molecule has 0 aliphatic rings. The summed E-state index contributed by atoms with van der Waals surface area (Å²) in [6, 6.07) is 2.16. The second-order valence-corrected chi connectivity index (χ2v) is 10.7. The zero-order chi connectivity index (χ0) is 33.8. The number of amides is 1. The molecule has 0 unspecified atom stereocenters. The number of anilines is 1. The molecule has 0 aromatic heterocycles. The number of carbonyl (C=O) groups is 1. The summed E-state index contributed by atoms with van der Waals surface area (Å²) in [5, 5.41) is 21.9. The number of halogens is 12. The molecule has 0 fully saturated rings. The van der Waals surface area contributed by atoms with Gasteiger partial charge in [0.2, 0.25) is 6.41 Å². The van der Waals surface area contributed by atoms with Gasteiger partial charge in [0.25, 0.3) is 11.2 Å². The van der Waals surface area contributed by atoms with Crippen LogP contribution < -0.4 is 5.32 Å². The van der Waals surface area contributed by atoms with Crippen LogP contribution in [0.1, 0.15) is 66.1 Å². The number of hydrogen-bond acceptors (Lipinski definition) is 3. The molecule has 0 aliphatic carbocycles. The van der Waals surface area contributed by atoms with Gasteiger partial charge >= 0.3 is 24.7 Å². The van der Waals surface area contributed by atoms with Crippen molar-refractivity contribution >= 4 is 12.1 Å². The Kier molecular flexibility index (Phi) is 9.40. The maximum absolute atomic E-state index is 14.0. The van der Waals surface area contributed by atoms with Gasteiger partial charge < -0.3 is 15.5 Å². The van der Waals surface area contributed by atoms with E-state index in [-0.39, 0.29) is 30.0 Å². The number of carbonyl (C=O) groups excluding carboxylic acids is 1. The number of nitrogens with one attached hydrogen (secondary N) is 1. The highest BCUT2D eigenvalue weighted by Gasteiger charge is 2.73. The van der Waals surface area contributed by atoms with Crippen LogP contribution >= 0.6 is 0 Å². The van der Waals surface area contributed by atoms with E-state index in [0.717, 1.165) is 13.0 Å². The van der Waals surface area contributed by atoms with Crippen LogP contribution in [0, 0.1) is 13.8 Å². The van der Waals surface area contributed by atoms with Crippen molar-refractivity contribution in [3.05, 3.63) is 63.2 Å². The van der Waals surface area contributed by atoms with Crippen LogP contribution in [0.2, 0.25) is 0 Å². The van der Waals surface area contributed by atoms with Gasteiger partial charge in [-0.1, -0.05) is 32.9 Å². The standard InChI is InChI=1S/C27H27F12NO3/c1-6-21(4,5)17-7-13(2)15(10-18(17)22(42,24(28,29)30)25(31,32)33)9-16-11-19(20(40-12-41)8-14(16)3)23(43,26(34,35)36)27(37,38)39/h7-8,10-12,42-43H,6,9H2,1-5H3,(H,40,41). The van der Waals surface area contributed by atoms with Crippen molar-refractivity contribution < 1.29 is 67.7 Å². The molecular weight excluding hydrogens is 614 g/mol. The van der Waals surface area contributed by atoms with Gasteiger partial charge in [0.15, 0.2) is 0 Å². The predicted octanol–water partition coefficient (Wildman–Crippen LogP) is 7.77. The fourth-order valence-electron chi connectivity index (χ4n) is 4.56. The third kappa shape index (κ3) is 6.17. The summed E-state index contributed by atoms with van der Waals surface area (Å²) in [4.78, 5) is 11.0. The number of benzene rings is 2. The Bertz CT molecular complexity index is 1330. The fourth-order valence-corrected chi connectivity index (χ4v) is 4.56. The molecule has 0 bridgehead atoms. The molecule has 0 saturated carbocycles. The predicted molar refractivity (Wildman–Crippen MR) is 130 cm³/mol. The summed E-state index contributed by atoms with van der Waals surface area (Å²) in [7, 11) is 0. The minimum Gasteiger partial charge on any atom is -0.369 e. The Morgan fingerprint density at radius 2 is 1.02 bits per heavy atom. The zero-order valence-electron chi connectivity index (χ0n) is 23.1. The van der Waals surface area contributed by atoms with E-state index in [2.05, 4.69) is 0 Å². The summed E-state index contributed by atoms with van der Waals surface area (Å²) in [5.41, 5.74) is -18.5. The largest absolute Gasteiger partial charge is 0.430 e. The van der Waals surface area contributed by atoms with Crippen LogP contribution in [0.3, 0.4) is 0 Å². The minimum atomic E-state index is -6.39. The summed E-state index contributed by atoms with van der Waals surface area (Å²) in [6.45, 7) is 6.50. The van der Waals surface area contributed by atoms with E-state index >= 15 is 0 Å². The van der Waals surface area contributed by atoms with E-state index in [1.807, 2.05) is 0 Å². The Balaban J connectivity index is 3.02. The monoisotopic (exact) mass is 641 g/mol. The van der Waals surface area contributed by atoms with Crippen molar-refractivity contribution in [1.82, 2.24) is 0 Å². The van der Waals surface area contributed by atoms with Crippen LogP contribution in [-0.2, 0) is 27.8 Å². The van der Waals surface area contributed by atoms with Crippen LogP contribution in [0.15, 0.2) is 24.3 Å². The third-order valence-electron chi connectivity index (χ3n) is 7.58. The first kappa shape index (κ1) is 36.2. The van der Waals surface area contributed by atoms with Gasteiger partial charge in [0.05, 0.1) is 0 Å². The minimum absolute atomic E-state index is 0.00456. The first-order chi connectivity index (χ1) is 19.1. The summed E-state index contributed by atoms with van der Waals surface area (Å²) < 4.78 is 166. The second kappa shape index (κ2) is 11.2. The molecule has 4 nitrogen and oxygen atoms in total. The molecule has 0 heterocycles.